The van der Waals surface area contributed by atoms with Crippen molar-refractivity contribution in [3.63, 3.8) is 0 Å². The molecule has 30 heavy (non-hydrogen) atoms. The van der Waals surface area contributed by atoms with Crippen molar-refractivity contribution in [1.82, 2.24) is 25.1 Å². The highest BCUT2D eigenvalue weighted by atomic mass is 19.1. The SMILES string of the molecule is CN(C)c1nc(NCc2cccc(F)c2)nc(-c2n[nH]c3c(B(O)O)cccc23)n1. The molecule has 0 fully saturated rings. The molecule has 0 saturated heterocycles. The van der Waals surface area contributed by atoms with Crippen molar-refractivity contribution < 1.29 is 14.4 Å². The first kappa shape index (κ1) is 19.7. The number of halogens is 1. The third-order valence-electron chi connectivity index (χ3n) is 4.48. The highest BCUT2D eigenvalue weighted by molar-refractivity contribution is 6.61. The first-order valence-electron chi connectivity index (χ1n) is 9.17. The molecule has 9 nitrogen and oxygen atoms in total. The van der Waals surface area contributed by atoms with Gasteiger partial charge in [0, 0.05) is 31.5 Å². The van der Waals surface area contributed by atoms with E-state index in [0.29, 0.717) is 46.3 Å². The lowest BCUT2D eigenvalue weighted by Gasteiger charge is -2.13. The maximum atomic E-state index is 13.4. The van der Waals surface area contributed by atoms with E-state index in [1.54, 1.807) is 49.3 Å². The van der Waals surface area contributed by atoms with Crippen LogP contribution in [0.5, 0.6) is 0 Å². The Labute approximate surface area is 171 Å². The van der Waals surface area contributed by atoms with E-state index < -0.39 is 7.12 Å². The summed E-state index contributed by atoms with van der Waals surface area (Å²) in [4.78, 5) is 15.0. The molecule has 0 spiro atoms. The van der Waals surface area contributed by atoms with Gasteiger partial charge in [0.05, 0.1) is 5.52 Å². The van der Waals surface area contributed by atoms with Crippen LogP contribution in [0.4, 0.5) is 16.3 Å². The molecular weight excluding hydrogens is 388 g/mol. The van der Waals surface area contributed by atoms with Crippen molar-refractivity contribution in [2.24, 2.45) is 0 Å². The Morgan fingerprint density at radius 3 is 2.63 bits per heavy atom. The second-order valence-electron chi connectivity index (χ2n) is 6.88. The van der Waals surface area contributed by atoms with Crippen LogP contribution in [-0.4, -0.2) is 56.4 Å². The van der Waals surface area contributed by atoms with Crippen LogP contribution in [0.1, 0.15) is 5.56 Å². The van der Waals surface area contributed by atoms with Gasteiger partial charge >= 0.3 is 7.12 Å². The van der Waals surface area contributed by atoms with E-state index in [2.05, 4.69) is 30.5 Å². The zero-order chi connectivity index (χ0) is 21.3. The maximum absolute atomic E-state index is 13.4. The fourth-order valence-corrected chi connectivity index (χ4v) is 3.03. The zero-order valence-corrected chi connectivity index (χ0v) is 16.3. The third-order valence-corrected chi connectivity index (χ3v) is 4.48. The average molecular weight is 407 g/mol. The Morgan fingerprint density at radius 2 is 1.90 bits per heavy atom. The van der Waals surface area contributed by atoms with Gasteiger partial charge in [0.15, 0.2) is 5.82 Å². The minimum absolute atomic E-state index is 0.303. The number of nitrogens with zero attached hydrogens (tertiary/aromatic N) is 5. The van der Waals surface area contributed by atoms with E-state index in [4.69, 9.17) is 0 Å². The minimum Gasteiger partial charge on any atom is -0.423 e. The van der Waals surface area contributed by atoms with Gasteiger partial charge in [-0.15, -0.1) is 0 Å². The fourth-order valence-electron chi connectivity index (χ4n) is 3.03. The van der Waals surface area contributed by atoms with Gasteiger partial charge < -0.3 is 20.3 Å². The number of aromatic amines is 1. The summed E-state index contributed by atoms with van der Waals surface area (Å²) in [6, 6.07) is 11.3. The normalized spacial score (nSPS) is 11.0. The molecule has 4 N–H and O–H groups in total. The predicted molar refractivity (Wildman–Crippen MR) is 113 cm³/mol. The molecule has 2 aromatic carbocycles. The quantitative estimate of drug-likeness (QED) is 0.348. The van der Waals surface area contributed by atoms with E-state index in [-0.39, 0.29) is 5.82 Å². The van der Waals surface area contributed by atoms with Crippen LogP contribution < -0.4 is 15.7 Å². The maximum Gasteiger partial charge on any atom is 0.490 e. The van der Waals surface area contributed by atoms with E-state index in [1.165, 1.54) is 12.1 Å². The molecular formula is C19H19BFN7O2. The van der Waals surface area contributed by atoms with Gasteiger partial charge in [0.2, 0.25) is 11.9 Å². The van der Waals surface area contributed by atoms with E-state index >= 15 is 0 Å². The van der Waals surface area contributed by atoms with Gasteiger partial charge in [0.25, 0.3) is 0 Å². The molecule has 0 aliphatic heterocycles. The Hall–Kier alpha value is -3.57. The summed E-state index contributed by atoms with van der Waals surface area (Å²) in [5, 5.41) is 30.0. The van der Waals surface area contributed by atoms with E-state index in [9.17, 15) is 14.4 Å². The number of aromatic nitrogens is 5. The lowest BCUT2D eigenvalue weighted by atomic mass is 9.79. The predicted octanol–water partition coefficient (Wildman–Crippen LogP) is 0.912. The van der Waals surface area contributed by atoms with Gasteiger partial charge in [-0.3, -0.25) is 5.10 Å². The molecule has 0 amide bonds. The largest absolute Gasteiger partial charge is 0.490 e. The number of nitrogens with one attached hydrogen (secondary N) is 2. The van der Waals surface area contributed by atoms with Crippen molar-refractivity contribution in [3.8, 4) is 11.5 Å². The molecule has 0 saturated carbocycles. The molecule has 0 unspecified atom stereocenters. The number of benzene rings is 2. The molecule has 2 aromatic heterocycles. The van der Waals surface area contributed by atoms with Crippen LogP contribution >= 0.6 is 0 Å². The van der Waals surface area contributed by atoms with Crippen molar-refractivity contribution in [2.45, 2.75) is 6.54 Å². The van der Waals surface area contributed by atoms with Crippen molar-refractivity contribution in [3.05, 3.63) is 53.8 Å². The Morgan fingerprint density at radius 1 is 1.10 bits per heavy atom. The number of hydrogen-bond donors (Lipinski definition) is 4. The minimum atomic E-state index is -1.64. The smallest absolute Gasteiger partial charge is 0.423 e. The van der Waals surface area contributed by atoms with E-state index in [1.807, 2.05) is 0 Å². The van der Waals surface area contributed by atoms with Crippen LogP contribution in [-0.2, 0) is 6.54 Å². The Kier molecular flexibility index (Phi) is 5.30. The topological polar surface area (TPSA) is 123 Å². The molecule has 4 aromatic rings. The lowest BCUT2D eigenvalue weighted by molar-refractivity contribution is 0.426. The standard InChI is InChI=1S/C19H19BFN7O2/c1-28(2)19-24-17(16-13-7-4-8-14(20(29)30)15(13)26-27-16)23-18(25-19)22-10-11-5-3-6-12(21)9-11/h3-9,29-30H,10H2,1-2H3,(H,26,27)(H,22,23,24,25). The first-order chi connectivity index (χ1) is 14.4. The second-order valence-corrected chi connectivity index (χ2v) is 6.88. The van der Waals surface area contributed by atoms with Crippen LogP contribution in [0.25, 0.3) is 22.4 Å². The summed E-state index contributed by atoms with van der Waals surface area (Å²) in [6.45, 7) is 0.330. The van der Waals surface area contributed by atoms with Crippen molar-refractivity contribution in [1.29, 1.82) is 0 Å². The third kappa shape index (κ3) is 3.93. The summed E-state index contributed by atoms with van der Waals surface area (Å²) >= 11 is 0. The summed E-state index contributed by atoms with van der Waals surface area (Å²) in [5.41, 5.74) is 1.99. The molecule has 2 heterocycles. The van der Waals surface area contributed by atoms with Gasteiger partial charge in [0.1, 0.15) is 11.5 Å². The molecule has 4 rings (SSSR count). The number of rotatable bonds is 6. The molecule has 0 aliphatic rings. The molecule has 0 bridgehead atoms. The second kappa shape index (κ2) is 8.05. The van der Waals surface area contributed by atoms with Crippen LogP contribution in [0, 0.1) is 5.82 Å². The molecule has 152 valence electrons. The van der Waals surface area contributed by atoms with Gasteiger partial charge in [-0.25, -0.2) is 4.39 Å². The van der Waals surface area contributed by atoms with Gasteiger partial charge in [-0.05, 0) is 17.7 Å². The first-order valence-corrected chi connectivity index (χ1v) is 9.17. The van der Waals surface area contributed by atoms with Crippen LogP contribution in [0.15, 0.2) is 42.5 Å². The number of fused-ring (bicyclic) bond motifs is 1. The van der Waals surface area contributed by atoms with Crippen molar-refractivity contribution in [2.75, 3.05) is 24.3 Å². The summed E-state index contributed by atoms with van der Waals surface area (Å²) in [7, 11) is 1.97. The molecule has 11 heteroatoms. The Balaban J connectivity index is 1.73. The van der Waals surface area contributed by atoms with Gasteiger partial charge in [-0.1, -0.05) is 30.3 Å². The highest BCUT2D eigenvalue weighted by Crippen LogP contribution is 2.24. The summed E-state index contributed by atoms with van der Waals surface area (Å²) < 4.78 is 13.4. The fraction of sp³-hybridized carbons (Fsp3) is 0.158. The van der Waals surface area contributed by atoms with Gasteiger partial charge in [-0.2, -0.15) is 20.1 Å². The lowest BCUT2D eigenvalue weighted by Crippen LogP contribution is -2.30. The number of anilines is 2. The molecule has 0 radical (unpaired) electrons. The summed E-state index contributed by atoms with van der Waals surface area (Å²) in [5.74, 6) is 0.717. The number of hydrogen-bond acceptors (Lipinski definition) is 8. The molecule has 0 aliphatic carbocycles. The summed E-state index contributed by atoms with van der Waals surface area (Å²) in [6.07, 6.45) is 0. The highest BCUT2D eigenvalue weighted by Gasteiger charge is 2.20. The Bertz CT molecular complexity index is 1200. The zero-order valence-electron chi connectivity index (χ0n) is 16.3. The van der Waals surface area contributed by atoms with E-state index in [0.717, 1.165) is 5.56 Å². The van der Waals surface area contributed by atoms with Crippen molar-refractivity contribution >= 4 is 35.4 Å². The number of para-hydroxylation sites is 1. The average Bonchev–Trinajstić information content (AvgIpc) is 3.16. The number of H-pyrrole nitrogens is 1. The van der Waals surface area contributed by atoms with Crippen LogP contribution in [0.3, 0.4) is 0 Å². The molecule has 0 atom stereocenters. The monoisotopic (exact) mass is 407 g/mol. The van der Waals surface area contributed by atoms with Crippen LogP contribution in [0.2, 0.25) is 0 Å².